The van der Waals surface area contributed by atoms with Gasteiger partial charge in [0.15, 0.2) is 5.82 Å². The third-order valence-electron chi connectivity index (χ3n) is 2.18. The summed E-state index contributed by atoms with van der Waals surface area (Å²) >= 11 is 0. The summed E-state index contributed by atoms with van der Waals surface area (Å²) in [5, 5.41) is 7.49. The zero-order valence-electron chi connectivity index (χ0n) is 9.42. The fourth-order valence-electron chi connectivity index (χ4n) is 1.42. The molecule has 0 saturated carbocycles. The number of ether oxygens (including phenoxy) is 1. The first-order valence-corrected chi connectivity index (χ1v) is 5.07. The fraction of sp³-hybridized carbons (Fsp3) is 0.400. The molecule has 2 heterocycles. The number of hydrogen-bond acceptors (Lipinski definition) is 4. The number of nitrogens with one attached hydrogen (secondary N) is 1. The van der Waals surface area contributed by atoms with Crippen molar-refractivity contribution in [3.63, 3.8) is 0 Å². The highest BCUT2D eigenvalue weighted by Crippen LogP contribution is 2.11. The van der Waals surface area contributed by atoms with Gasteiger partial charge in [0.2, 0.25) is 5.95 Å². The second kappa shape index (κ2) is 4.80. The molecule has 6 heteroatoms. The molecular weight excluding hydrogens is 206 g/mol. The van der Waals surface area contributed by atoms with Crippen molar-refractivity contribution in [2.24, 2.45) is 7.05 Å². The summed E-state index contributed by atoms with van der Waals surface area (Å²) in [5.74, 6) is 1.62. The fourth-order valence-corrected chi connectivity index (χ4v) is 1.42. The topological polar surface area (TPSA) is 56.9 Å². The van der Waals surface area contributed by atoms with Crippen molar-refractivity contribution in [1.29, 1.82) is 0 Å². The van der Waals surface area contributed by atoms with Crippen LogP contribution in [0.5, 0.6) is 0 Å². The van der Waals surface area contributed by atoms with Crippen LogP contribution in [0.2, 0.25) is 0 Å². The Hall–Kier alpha value is -1.82. The Morgan fingerprint density at radius 1 is 1.44 bits per heavy atom. The van der Waals surface area contributed by atoms with E-state index in [4.69, 9.17) is 4.74 Å². The highest BCUT2D eigenvalue weighted by Gasteiger charge is 2.05. The minimum atomic E-state index is 0.648. The zero-order valence-corrected chi connectivity index (χ0v) is 9.42. The molecule has 2 aromatic rings. The van der Waals surface area contributed by atoms with Gasteiger partial charge in [-0.3, -0.25) is 9.25 Å². The Kier molecular flexibility index (Phi) is 3.21. The molecule has 0 saturated heterocycles. The van der Waals surface area contributed by atoms with Gasteiger partial charge in [0, 0.05) is 45.4 Å². The molecule has 0 atom stereocenters. The molecule has 2 aromatic heterocycles. The van der Waals surface area contributed by atoms with Crippen LogP contribution in [-0.4, -0.2) is 39.6 Å². The summed E-state index contributed by atoms with van der Waals surface area (Å²) in [7, 11) is 3.56. The molecule has 16 heavy (non-hydrogen) atoms. The van der Waals surface area contributed by atoms with Crippen LogP contribution in [0.25, 0.3) is 5.82 Å². The molecule has 6 nitrogen and oxygen atoms in total. The Morgan fingerprint density at radius 3 is 3.00 bits per heavy atom. The van der Waals surface area contributed by atoms with Crippen molar-refractivity contribution in [2.45, 2.75) is 0 Å². The first-order valence-electron chi connectivity index (χ1n) is 5.07. The number of anilines is 1. The smallest absolute Gasteiger partial charge is 0.208 e. The number of rotatable bonds is 5. The predicted molar refractivity (Wildman–Crippen MR) is 60.7 cm³/mol. The number of hydrogen-bond donors (Lipinski definition) is 1. The normalized spacial score (nSPS) is 10.6. The zero-order chi connectivity index (χ0) is 11.4. The van der Waals surface area contributed by atoms with Crippen LogP contribution in [0.15, 0.2) is 24.7 Å². The number of nitrogens with zero attached hydrogens (tertiary/aromatic N) is 4. The lowest BCUT2D eigenvalue weighted by Crippen LogP contribution is -2.11. The van der Waals surface area contributed by atoms with Crippen LogP contribution >= 0.6 is 0 Å². The molecule has 0 radical (unpaired) electrons. The van der Waals surface area contributed by atoms with E-state index >= 15 is 0 Å². The van der Waals surface area contributed by atoms with Crippen LogP contribution in [0.1, 0.15) is 0 Å². The summed E-state index contributed by atoms with van der Waals surface area (Å²) in [6.07, 6.45) is 5.51. The van der Waals surface area contributed by atoms with Gasteiger partial charge in [-0.05, 0) is 0 Å². The van der Waals surface area contributed by atoms with Crippen molar-refractivity contribution >= 4 is 5.95 Å². The van der Waals surface area contributed by atoms with Gasteiger partial charge in [-0.25, -0.2) is 4.98 Å². The van der Waals surface area contributed by atoms with Crippen molar-refractivity contribution in [3.05, 3.63) is 24.7 Å². The monoisotopic (exact) mass is 221 g/mol. The Balaban J connectivity index is 2.12. The van der Waals surface area contributed by atoms with Crippen molar-refractivity contribution in [3.8, 4) is 5.82 Å². The molecule has 0 unspecified atom stereocenters. The summed E-state index contributed by atoms with van der Waals surface area (Å²) < 4.78 is 8.63. The summed E-state index contributed by atoms with van der Waals surface area (Å²) in [5.41, 5.74) is 0. The van der Waals surface area contributed by atoms with Gasteiger partial charge in [-0.1, -0.05) is 0 Å². The average molecular weight is 221 g/mol. The van der Waals surface area contributed by atoms with E-state index in [0.29, 0.717) is 6.61 Å². The van der Waals surface area contributed by atoms with E-state index in [1.807, 2.05) is 30.1 Å². The van der Waals surface area contributed by atoms with Crippen LogP contribution in [0, 0.1) is 0 Å². The number of imidazole rings is 1. The molecule has 0 amide bonds. The van der Waals surface area contributed by atoms with E-state index in [9.17, 15) is 0 Å². The van der Waals surface area contributed by atoms with Gasteiger partial charge in [0.1, 0.15) is 0 Å². The highest BCUT2D eigenvalue weighted by atomic mass is 16.5. The van der Waals surface area contributed by atoms with Crippen molar-refractivity contribution in [1.82, 2.24) is 19.3 Å². The van der Waals surface area contributed by atoms with Crippen molar-refractivity contribution < 1.29 is 4.74 Å². The molecule has 0 aromatic carbocycles. The van der Waals surface area contributed by atoms with Crippen molar-refractivity contribution in [2.75, 3.05) is 25.6 Å². The van der Waals surface area contributed by atoms with Crippen LogP contribution in [0.3, 0.4) is 0 Å². The maximum atomic E-state index is 4.97. The van der Waals surface area contributed by atoms with E-state index in [1.165, 1.54) is 0 Å². The standard InChI is InChI=1S/C10H15N5O/c1-14-6-3-9(13-14)15-7-4-11-10(15)12-5-8-16-2/h3-4,6-7H,5,8H2,1-2H3,(H,11,12). The van der Waals surface area contributed by atoms with Gasteiger partial charge >= 0.3 is 0 Å². The number of aryl methyl sites for hydroxylation is 1. The Labute approximate surface area is 93.9 Å². The third kappa shape index (κ3) is 2.22. The second-order valence-corrected chi connectivity index (χ2v) is 3.39. The minimum absolute atomic E-state index is 0.648. The number of aromatic nitrogens is 4. The first kappa shape index (κ1) is 10.7. The Morgan fingerprint density at radius 2 is 2.31 bits per heavy atom. The molecule has 0 aliphatic carbocycles. The molecule has 0 spiro atoms. The quantitative estimate of drug-likeness (QED) is 0.754. The van der Waals surface area contributed by atoms with E-state index in [2.05, 4.69) is 15.4 Å². The molecule has 1 N–H and O–H groups in total. The van der Waals surface area contributed by atoms with E-state index in [-0.39, 0.29) is 0 Å². The molecule has 2 rings (SSSR count). The van der Waals surface area contributed by atoms with Crippen LogP contribution in [-0.2, 0) is 11.8 Å². The third-order valence-corrected chi connectivity index (χ3v) is 2.18. The van der Waals surface area contributed by atoms with Crippen LogP contribution in [0.4, 0.5) is 5.95 Å². The summed E-state index contributed by atoms with van der Waals surface area (Å²) in [4.78, 5) is 4.22. The lowest BCUT2D eigenvalue weighted by atomic mass is 10.6. The second-order valence-electron chi connectivity index (χ2n) is 3.39. The Bertz CT molecular complexity index is 448. The molecule has 0 aliphatic rings. The highest BCUT2D eigenvalue weighted by molar-refractivity contribution is 5.36. The van der Waals surface area contributed by atoms with Gasteiger partial charge in [-0.15, -0.1) is 0 Å². The molecule has 86 valence electrons. The number of methoxy groups -OCH3 is 1. The van der Waals surface area contributed by atoms with E-state index < -0.39 is 0 Å². The van der Waals surface area contributed by atoms with Gasteiger partial charge < -0.3 is 10.1 Å². The lowest BCUT2D eigenvalue weighted by molar-refractivity contribution is 0.210. The maximum absolute atomic E-state index is 4.97. The molecule has 0 aliphatic heterocycles. The molecule has 0 fully saturated rings. The maximum Gasteiger partial charge on any atom is 0.208 e. The van der Waals surface area contributed by atoms with Gasteiger partial charge in [0.05, 0.1) is 6.61 Å². The first-order chi connectivity index (χ1) is 7.81. The van der Waals surface area contributed by atoms with E-state index in [1.54, 1.807) is 18.0 Å². The predicted octanol–water partition coefficient (Wildman–Crippen LogP) is 0.664. The minimum Gasteiger partial charge on any atom is -0.383 e. The summed E-state index contributed by atoms with van der Waals surface area (Å²) in [6.45, 7) is 1.37. The summed E-state index contributed by atoms with van der Waals surface area (Å²) in [6, 6.07) is 1.93. The van der Waals surface area contributed by atoms with E-state index in [0.717, 1.165) is 18.3 Å². The molecular formula is C10H15N5O. The average Bonchev–Trinajstić information content (AvgIpc) is 2.87. The van der Waals surface area contributed by atoms with Gasteiger partial charge in [0.25, 0.3) is 0 Å². The largest absolute Gasteiger partial charge is 0.383 e. The SMILES string of the molecule is COCCNc1nccn1-c1ccn(C)n1. The molecule has 0 bridgehead atoms. The lowest BCUT2D eigenvalue weighted by Gasteiger charge is -2.06. The van der Waals surface area contributed by atoms with Crippen LogP contribution < -0.4 is 5.32 Å². The van der Waals surface area contributed by atoms with Gasteiger partial charge in [-0.2, -0.15) is 5.10 Å².